The molecule has 1 saturated heterocycles. The summed E-state index contributed by atoms with van der Waals surface area (Å²) in [5.74, 6) is 0.867. The molecule has 1 aliphatic rings. The van der Waals surface area contributed by atoms with Crippen LogP contribution in [0, 0.1) is 5.92 Å². The molecule has 3 heteroatoms. The smallest absolute Gasteiger partial charge is 0.0410 e. The van der Waals surface area contributed by atoms with Gasteiger partial charge in [0.25, 0.3) is 0 Å². The molecule has 1 fully saturated rings. The van der Waals surface area contributed by atoms with Crippen molar-refractivity contribution in [3.8, 4) is 0 Å². The summed E-state index contributed by atoms with van der Waals surface area (Å²) in [5, 5.41) is 0. The molecule has 0 radical (unpaired) electrons. The average Bonchev–Trinajstić information content (AvgIpc) is 2.89. The Morgan fingerprint density at radius 2 is 2.20 bits per heavy atom. The lowest BCUT2D eigenvalue weighted by Gasteiger charge is -2.24. The lowest BCUT2D eigenvalue weighted by Crippen LogP contribution is -2.25. The summed E-state index contributed by atoms with van der Waals surface area (Å²) < 4.78 is 1.17. The summed E-state index contributed by atoms with van der Waals surface area (Å²) in [6.07, 6.45) is 6.00. The van der Waals surface area contributed by atoms with E-state index < -0.39 is 0 Å². The van der Waals surface area contributed by atoms with E-state index in [2.05, 4.69) is 52.9 Å². The SMILES string of the molecule is CCCC1CCN(c2cc(Br)ccc2CC(N)CC)C1. The van der Waals surface area contributed by atoms with E-state index in [4.69, 9.17) is 5.73 Å². The Labute approximate surface area is 131 Å². The summed E-state index contributed by atoms with van der Waals surface area (Å²) >= 11 is 3.61. The summed E-state index contributed by atoms with van der Waals surface area (Å²) in [4.78, 5) is 2.56. The van der Waals surface area contributed by atoms with Crippen molar-refractivity contribution in [3.05, 3.63) is 28.2 Å². The Balaban J connectivity index is 2.15. The highest BCUT2D eigenvalue weighted by atomic mass is 79.9. The summed E-state index contributed by atoms with van der Waals surface area (Å²) in [6, 6.07) is 6.92. The molecule has 2 atom stereocenters. The second kappa shape index (κ2) is 7.46. The third-order valence-electron chi connectivity index (χ3n) is 4.38. The van der Waals surface area contributed by atoms with Gasteiger partial charge in [-0.3, -0.25) is 0 Å². The van der Waals surface area contributed by atoms with Crippen molar-refractivity contribution in [2.45, 2.75) is 52.0 Å². The molecule has 2 N–H and O–H groups in total. The van der Waals surface area contributed by atoms with Gasteiger partial charge in [-0.1, -0.05) is 42.3 Å². The van der Waals surface area contributed by atoms with Crippen LogP contribution in [0.25, 0.3) is 0 Å². The van der Waals surface area contributed by atoms with Crippen LogP contribution in [0.3, 0.4) is 0 Å². The Morgan fingerprint density at radius 3 is 2.90 bits per heavy atom. The maximum Gasteiger partial charge on any atom is 0.0410 e. The molecule has 2 nitrogen and oxygen atoms in total. The molecule has 2 unspecified atom stereocenters. The van der Waals surface area contributed by atoms with Crippen LogP contribution in [0.4, 0.5) is 5.69 Å². The van der Waals surface area contributed by atoms with Gasteiger partial charge in [-0.05, 0) is 49.3 Å². The Hall–Kier alpha value is -0.540. The topological polar surface area (TPSA) is 29.3 Å². The zero-order valence-corrected chi connectivity index (χ0v) is 14.3. The minimum absolute atomic E-state index is 0.268. The maximum atomic E-state index is 6.16. The Kier molecular flexibility index (Phi) is 5.91. The van der Waals surface area contributed by atoms with Gasteiger partial charge >= 0.3 is 0 Å². The highest BCUT2D eigenvalue weighted by molar-refractivity contribution is 9.10. The van der Waals surface area contributed by atoms with E-state index in [0.717, 1.165) is 18.8 Å². The molecule has 0 aliphatic carbocycles. The van der Waals surface area contributed by atoms with Crippen molar-refractivity contribution >= 4 is 21.6 Å². The first-order chi connectivity index (χ1) is 9.63. The van der Waals surface area contributed by atoms with Crippen molar-refractivity contribution in [3.63, 3.8) is 0 Å². The molecular formula is C17H27BrN2. The van der Waals surface area contributed by atoms with Gasteiger partial charge in [0.15, 0.2) is 0 Å². The molecular weight excluding hydrogens is 312 g/mol. The number of hydrogen-bond donors (Lipinski definition) is 1. The lowest BCUT2D eigenvalue weighted by molar-refractivity contribution is 0.529. The summed E-state index contributed by atoms with van der Waals surface area (Å²) in [7, 11) is 0. The molecule has 1 aliphatic heterocycles. The van der Waals surface area contributed by atoms with Crippen molar-refractivity contribution in [1.29, 1.82) is 0 Å². The number of benzene rings is 1. The van der Waals surface area contributed by atoms with Gasteiger partial charge in [-0.15, -0.1) is 0 Å². The van der Waals surface area contributed by atoms with E-state index in [0.29, 0.717) is 0 Å². The minimum atomic E-state index is 0.268. The van der Waals surface area contributed by atoms with Crippen molar-refractivity contribution in [2.75, 3.05) is 18.0 Å². The van der Waals surface area contributed by atoms with Gasteiger partial charge in [0.1, 0.15) is 0 Å². The maximum absolute atomic E-state index is 6.16. The molecule has 1 aromatic carbocycles. The fourth-order valence-corrected chi connectivity index (χ4v) is 3.48. The first-order valence-electron chi connectivity index (χ1n) is 7.93. The summed E-state index contributed by atoms with van der Waals surface area (Å²) in [6.45, 7) is 6.85. The Morgan fingerprint density at radius 1 is 1.40 bits per heavy atom. The van der Waals surface area contributed by atoms with Gasteiger partial charge in [0.05, 0.1) is 0 Å². The summed E-state index contributed by atoms with van der Waals surface area (Å²) in [5.41, 5.74) is 8.95. The highest BCUT2D eigenvalue weighted by Crippen LogP contribution is 2.32. The third-order valence-corrected chi connectivity index (χ3v) is 4.87. The number of halogens is 1. The first kappa shape index (κ1) is 15.8. The van der Waals surface area contributed by atoms with Gasteiger partial charge in [0.2, 0.25) is 0 Å². The predicted molar refractivity (Wildman–Crippen MR) is 91.3 cm³/mol. The van der Waals surface area contributed by atoms with Gasteiger partial charge < -0.3 is 10.6 Å². The van der Waals surface area contributed by atoms with E-state index in [-0.39, 0.29) is 6.04 Å². The predicted octanol–water partition coefficient (Wildman–Crippen LogP) is 4.36. The van der Waals surface area contributed by atoms with Gasteiger partial charge in [-0.25, -0.2) is 0 Å². The van der Waals surface area contributed by atoms with Crippen LogP contribution in [0.5, 0.6) is 0 Å². The second-order valence-electron chi connectivity index (χ2n) is 6.03. The highest BCUT2D eigenvalue weighted by Gasteiger charge is 2.24. The number of nitrogens with two attached hydrogens (primary N) is 1. The number of anilines is 1. The second-order valence-corrected chi connectivity index (χ2v) is 6.95. The quantitative estimate of drug-likeness (QED) is 0.835. The largest absolute Gasteiger partial charge is 0.371 e. The van der Waals surface area contributed by atoms with Crippen LogP contribution in [-0.4, -0.2) is 19.1 Å². The van der Waals surface area contributed by atoms with Crippen molar-refractivity contribution in [2.24, 2.45) is 11.7 Å². The van der Waals surface area contributed by atoms with Crippen LogP contribution in [0.1, 0.15) is 45.1 Å². The molecule has 112 valence electrons. The van der Waals surface area contributed by atoms with Crippen molar-refractivity contribution < 1.29 is 0 Å². The van der Waals surface area contributed by atoms with E-state index in [9.17, 15) is 0 Å². The normalized spacial score (nSPS) is 20.4. The van der Waals surface area contributed by atoms with Crippen molar-refractivity contribution in [1.82, 2.24) is 0 Å². The Bertz CT molecular complexity index is 433. The lowest BCUT2D eigenvalue weighted by atomic mass is 10.0. The van der Waals surface area contributed by atoms with Crippen LogP contribution in [-0.2, 0) is 6.42 Å². The zero-order valence-electron chi connectivity index (χ0n) is 12.7. The molecule has 0 aromatic heterocycles. The fraction of sp³-hybridized carbons (Fsp3) is 0.647. The van der Waals surface area contributed by atoms with Crippen LogP contribution >= 0.6 is 15.9 Å². The molecule has 1 aromatic rings. The molecule has 0 amide bonds. The third kappa shape index (κ3) is 3.98. The van der Waals surface area contributed by atoms with Gasteiger partial charge in [0, 0.05) is 29.3 Å². The van der Waals surface area contributed by atoms with Crippen LogP contribution in [0.15, 0.2) is 22.7 Å². The standard InChI is InChI=1S/C17H27BrN2/c1-3-5-13-8-9-20(12-13)17-11-15(18)7-6-14(17)10-16(19)4-2/h6-7,11,13,16H,3-5,8-10,12,19H2,1-2H3. The molecule has 1 heterocycles. The molecule has 0 spiro atoms. The van der Waals surface area contributed by atoms with E-state index in [1.54, 1.807) is 0 Å². The van der Waals surface area contributed by atoms with Crippen LogP contribution < -0.4 is 10.6 Å². The van der Waals surface area contributed by atoms with E-state index in [1.807, 2.05) is 0 Å². The number of hydrogen-bond acceptors (Lipinski definition) is 2. The monoisotopic (exact) mass is 338 g/mol. The molecule has 0 bridgehead atoms. The number of nitrogens with zero attached hydrogens (tertiary/aromatic N) is 1. The number of rotatable bonds is 6. The fourth-order valence-electron chi connectivity index (χ4n) is 3.13. The zero-order chi connectivity index (χ0) is 14.5. The van der Waals surface area contributed by atoms with Gasteiger partial charge in [-0.2, -0.15) is 0 Å². The first-order valence-corrected chi connectivity index (χ1v) is 8.72. The van der Waals surface area contributed by atoms with E-state index in [1.165, 1.54) is 48.1 Å². The molecule has 20 heavy (non-hydrogen) atoms. The van der Waals surface area contributed by atoms with Crippen LogP contribution in [0.2, 0.25) is 0 Å². The van der Waals surface area contributed by atoms with E-state index >= 15 is 0 Å². The minimum Gasteiger partial charge on any atom is -0.371 e. The average molecular weight is 339 g/mol. The molecule has 0 saturated carbocycles. The molecule has 2 rings (SSSR count).